The number of carbonyl (C=O) groups excluding carboxylic acids is 1. The first-order valence-corrected chi connectivity index (χ1v) is 6.60. The third-order valence-electron chi connectivity index (χ3n) is 2.31. The summed E-state index contributed by atoms with van der Waals surface area (Å²) < 4.78 is 5.51. The van der Waals surface area contributed by atoms with Gasteiger partial charge in [0.15, 0.2) is 5.78 Å². The van der Waals surface area contributed by atoms with E-state index in [1.807, 2.05) is 19.9 Å². The minimum atomic E-state index is -0.120. The number of hydrogen-bond acceptors (Lipinski definition) is 4. The van der Waals surface area contributed by atoms with Crippen LogP contribution < -0.4 is 4.74 Å². The van der Waals surface area contributed by atoms with Gasteiger partial charge in [0.1, 0.15) is 5.75 Å². The first-order chi connectivity index (χ1) is 10.1. The Kier molecular flexibility index (Phi) is 8.87. The Labute approximate surface area is 126 Å². The zero-order valence-electron chi connectivity index (χ0n) is 12.9. The average molecular weight is 284 g/mol. The number of rotatable bonds is 4. The van der Waals surface area contributed by atoms with Gasteiger partial charge in [-0.3, -0.25) is 9.79 Å². The van der Waals surface area contributed by atoms with Gasteiger partial charge in [0, 0.05) is 18.7 Å². The second-order valence-corrected chi connectivity index (χ2v) is 3.66. The summed E-state index contributed by atoms with van der Waals surface area (Å²) >= 11 is 0. The van der Waals surface area contributed by atoms with Gasteiger partial charge < -0.3 is 4.74 Å². The summed E-state index contributed by atoms with van der Waals surface area (Å²) in [6.07, 6.45) is 2.96. The van der Waals surface area contributed by atoms with Gasteiger partial charge in [0.05, 0.1) is 11.6 Å². The van der Waals surface area contributed by atoms with Crippen molar-refractivity contribution in [3.63, 3.8) is 0 Å². The smallest absolute Gasteiger partial charge is 0.215 e. The predicted molar refractivity (Wildman–Crippen MR) is 85.5 cm³/mol. The van der Waals surface area contributed by atoms with E-state index in [0.717, 1.165) is 0 Å². The second-order valence-electron chi connectivity index (χ2n) is 3.66. The number of Topliss-reactive ketones (excluding diaryl/α,β-unsaturated/α-hetero) is 1. The molecule has 1 aromatic carbocycles. The summed E-state index contributed by atoms with van der Waals surface area (Å²) in [5.74, 6) is 0.647. The minimum Gasteiger partial charge on any atom is -0.439 e. The van der Waals surface area contributed by atoms with Crippen molar-refractivity contribution in [1.82, 2.24) is 0 Å². The van der Waals surface area contributed by atoms with Gasteiger partial charge in [-0.1, -0.05) is 32.6 Å². The fourth-order valence-corrected chi connectivity index (χ4v) is 1.33. The van der Waals surface area contributed by atoms with Crippen LogP contribution in [0.1, 0.15) is 26.3 Å². The number of benzene rings is 1. The van der Waals surface area contributed by atoms with Gasteiger partial charge in [-0.15, -0.1) is 0 Å². The molecule has 0 aliphatic rings. The molecule has 0 fully saturated rings. The molecule has 21 heavy (non-hydrogen) atoms. The molecule has 0 aliphatic heterocycles. The van der Waals surface area contributed by atoms with E-state index in [4.69, 9.17) is 10.00 Å². The van der Waals surface area contributed by atoms with Gasteiger partial charge in [-0.2, -0.15) is 5.26 Å². The zero-order chi connectivity index (χ0) is 16.3. The Bertz CT molecular complexity index is 593. The van der Waals surface area contributed by atoms with Gasteiger partial charge >= 0.3 is 0 Å². The standard InChI is InChI=1S/C15H14N2O2.C2H6/c1-4-13(11(2)18)9-15(17-3)19-14-7-5-6-12(8-14)10-16;1-2/h4-9H,1H2,2-3H3;1-2H3/b13-9+,17-15?;. The maximum absolute atomic E-state index is 11.3. The lowest BCUT2D eigenvalue weighted by atomic mass is 10.2. The number of nitrogens with zero attached hydrogens (tertiary/aromatic N) is 2. The van der Waals surface area contributed by atoms with Crippen molar-refractivity contribution in [2.45, 2.75) is 20.8 Å². The maximum atomic E-state index is 11.3. The summed E-state index contributed by atoms with van der Waals surface area (Å²) in [5, 5.41) is 8.80. The molecule has 0 aromatic heterocycles. The van der Waals surface area contributed by atoms with Crippen LogP contribution in [0.3, 0.4) is 0 Å². The average Bonchev–Trinajstić information content (AvgIpc) is 2.53. The molecular weight excluding hydrogens is 264 g/mol. The maximum Gasteiger partial charge on any atom is 0.215 e. The Balaban J connectivity index is 0.00000191. The van der Waals surface area contributed by atoms with Crippen LogP contribution in [0.4, 0.5) is 0 Å². The second kappa shape index (κ2) is 10.2. The van der Waals surface area contributed by atoms with Crippen LogP contribution in [-0.2, 0) is 4.79 Å². The molecule has 0 saturated heterocycles. The fraction of sp³-hybridized carbons (Fsp3) is 0.235. The van der Waals surface area contributed by atoms with E-state index in [1.165, 1.54) is 19.1 Å². The fourth-order valence-electron chi connectivity index (χ4n) is 1.33. The molecule has 4 heteroatoms. The molecule has 0 radical (unpaired) electrons. The summed E-state index contributed by atoms with van der Waals surface area (Å²) in [7, 11) is 1.56. The van der Waals surface area contributed by atoms with E-state index < -0.39 is 0 Å². The Morgan fingerprint density at radius 3 is 2.57 bits per heavy atom. The first kappa shape index (κ1) is 18.3. The van der Waals surface area contributed by atoms with Crippen molar-refractivity contribution in [1.29, 1.82) is 5.26 Å². The molecule has 0 atom stereocenters. The zero-order valence-corrected chi connectivity index (χ0v) is 12.9. The van der Waals surface area contributed by atoms with Crippen LogP contribution in [0.2, 0.25) is 0 Å². The van der Waals surface area contributed by atoms with E-state index in [-0.39, 0.29) is 11.7 Å². The van der Waals surface area contributed by atoms with Crippen LogP contribution in [0.25, 0.3) is 0 Å². The number of ether oxygens (including phenoxy) is 1. The van der Waals surface area contributed by atoms with E-state index in [0.29, 0.717) is 16.9 Å². The molecular formula is C17H20N2O2. The Morgan fingerprint density at radius 2 is 2.10 bits per heavy atom. The van der Waals surface area contributed by atoms with Crippen LogP contribution in [0.5, 0.6) is 5.75 Å². The lowest BCUT2D eigenvalue weighted by Gasteiger charge is -2.06. The van der Waals surface area contributed by atoms with Crippen LogP contribution in [0.15, 0.2) is 53.6 Å². The van der Waals surface area contributed by atoms with Crippen LogP contribution in [-0.4, -0.2) is 18.7 Å². The van der Waals surface area contributed by atoms with E-state index in [2.05, 4.69) is 11.6 Å². The Morgan fingerprint density at radius 1 is 1.43 bits per heavy atom. The van der Waals surface area contributed by atoms with Gasteiger partial charge in [-0.25, -0.2) is 0 Å². The molecule has 4 nitrogen and oxygen atoms in total. The molecule has 0 amide bonds. The number of allylic oxidation sites excluding steroid dienone is 2. The monoisotopic (exact) mass is 284 g/mol. The lowest BCUT2D eigenvalue weighted by Crippen LogP contribution is -2.08. The van der Waals surface area contributed by atoms with E-state index in [1.54, 1.807) is 31.3 Å². The molecule has 0 unspecified atom stereocenters. The molecule has 0 heterocycles. The van der Waals surface area contributed by atoms with Gasteiger partial charge in [0.2, 0.25) is 5.90 Å². The molecule has 0 aliphatic carbocycles. The lowest BCUT2D eigenvalue weighted by molar-refractivity contribution is -0.113. The number of hydrogen-bond donors (Lipinski definition) is 0. The predicted octanol–water partition coefficient (Wildman–Crippen LogP) is 3.69. The largest absolute Gasteiger partial charge is 0.439 e. The molecule has 0 N–H and O–H groups in total. The van der Waals surface area contributed by atoms with Crippen molar-refractivity contribution < 1.29 is 9.53 Å². The molecule has 0 saturated carbocycles. The third-order valence-corrected chi connectivity index (χ3v) is 2.31. The van der Waals surface area contributed by atoms with Gasteiger partial charge in [-0.05, 0) is 25.1 Å². The number of carbonyl (C=O) groups is 1. The minimum absolute atomic E-state index is 0.120. The normalized spacial score (nSPS) is 10.8. The summed E-state index contributed by atoms with van der Waals surface area (Å²) in [6, 6.07) is 8.72. The topological polar surface area (TPSA) is 62.4 Å². The Hall–Kier alpha value is -2.67. The summed E-state index contributed by atoms with van der Waals surface area (Å²) in [6.45, 7) is 9.00. The van der Waals surface area contributed by atoms with Crippen LogP contribution in [0, 0.1) is 11.3 Å². The first-order valence-electron chi connectivity index (χ1n) is 6.60. The number of ketones is 1. The molecule has 1 aromatic rings. The molecule has 0 bridgehead atoms. The van der Waals surface area contributed by atoms with Crippen molar-refractivity contribution in [2.24, 2.45) is 4.99 Å². The van der Waals surface area contributed by atoms with Crippen molar-refractivity contribution in [3.8, 4) is 11.8 Å². The number of aliphatic imine (C=N–C) groups is 1. The highest BCUT2D eigenvalue weighted by molar-refractivity contribution is 6.03. The quantitative estimate of drug-likeness (QED) is 0.366. The highest BCUT2D eigenvalue weighted by Crippen LogP contribution is 2.13. The molecule has 110 valence electrons. The van der Waals surface area contributed by atoms with Gasteiger partial charge in [0.25, 0.3) is 0 Å². The molecule has 1 rings (SSSR count). The summed E-state index contributed by atoms with van der Waals surface area (Å²) in [4.78, 5) is 15.2. The van der Waals surface area contributed by atoms with Crippen molar-refractivity contribution in [3.05, 3.63) is 54.1 Å². The highest BCUT2D eigenvalue weighted by atomic mass is 16.5. The SMILES string of the molecule is C=C/C(=C\C(=NC)Oc1cccc(C#N)c1)C(C)=O.CC. The van der Waals surface area contributed by atoms with E-state index >= 15 is 0 Å². The van der Waals surface area contributed by atoms with E-state index in [9.17, 15) is 4.79 Å². The van der Waals surface area contributed by atoms with Crippen LogP contribution >= 0.6 is 0 Å². The third kappa shape index (κ3) is 6.35. The highest BCUT2D eigenvalue weighted by Gasteiger charge is 2.04. The van der Waals surface area contributed by atoms with Crippen molar-refractivity contribution >= 4 is 11.7 Å². The molecule has 0 spiro atoms. The number of nitriles is 1. The summed E-state index contributed by atoms with van der Waals surface area (Å²) in [5.41, 5.74) is 0.907. The van der Waals surface area contributed by atoms with Crippen molar-refractivity contribution in [2.75, 3.05) is 7.05 Å².